The highest BCUT2D eigenvalue weighted by molar-refractivity contribution is 6.30. The standard InChI is InChI=1S/C27H25ClN4O3/c1-19-5-10-25-29-23(17-32(25)16-19)18-35-24-4-2-3-21(15-24)27(34)31-13-11-30(12-14-31)26(33)20-6-8-22(28)9-7-20/h2-10,15-17H,11-14,18H2,1H3. The third-order valence-corrected chi connectivity index (χ3v) is 6.31. The molecule has 0 unspecified atom stereocenters. The summed E-state index contributed by atoms with van der Waals surface area (Å²) in [6.07, 6.45) is 3.97. The summed E-state index contributed by atoms with van der Waals surface area (Å²) in [5.41, 5.74) is 4.00. The number of carbonyl (C=O) groups excluding carboxylic acids is 2. The van der Waals surface area contributed by atoms with Crippen LogP contribution in [-0.4, -0.2) is 57.2 Å². The minimum absolute atomic E-state index is 0.0498. The molecule has 1 fully saturated rings. The average Bonchev–Trinajstić information content (AvgIpc) is 3.29. The fraction of sp³-hybridized carbons (Fsp3) is 0.222. The van der Waals surface area contributed by atoms with Gasteiger partial charge in [-0.3, -0.25) is 9.59 Å². The molecule has 0 atom stereocenters. The van der Waals surface area contributed by atoms with Gasteiger partial charge in [-0.1, -0.05) is 23.7 Å². The summed E-state index contributed by atoms with van der Waals surface area (Å²) in [6.45, 7) is 4.26. The van der Waals surface area contributed by atoms with Gasteiger partial charge in [0, 0.05) is 54.7 Å². The highest BCUT2D eigenvalue weighted by Gasteiger charge is 2.25. The number of fused-ring (bicyclic) bond motifs is 1. The van der Waals surface area contributed by atoms with Crippen molar-refractivity contribution in [2.75, 3.05) is 26.2 Å². The first-order valence-corrected chi connectivity index (χ1v) is 11.9. The number of rotatable bonds is 5. The lowest BCUT2D eigenvalue weighted by Gasteiger charge is -2.35. The Kier molecular flexibility index (Phi) is 6.42. The van der Waals surface area contributed by atoms with E-state index in [4.69, 9.17) is 16.3 Å². The number of halogens is 1. The van der Waals surface area contributed by atoms with Crippen LogP contribution in [-0.2, 0) is 6.61 Å². The number of aromatic nitrogens is 2. The molecule has 35 heavy (non-hydrogen) atoms. The van der Waals surface area contributed by atoms with Gasteiger partial charge in [-0.25, -0.2) is 4.98 Å². The van der Waals surface area contributed by atoms with Crippen LogP contribution in [0.15, 0.2) is 73.1 Å². The zero-order valence-corrected chi connectivity index (χ0v) is 20.1. The number of imidazole rings is 1. The van der Waals surface area contributed by atoms with E-state index in [0.29, 0.717) is 54.7 Å². The second kappa shape index (κ2) is 9.80. The van der Waals surface area contributed by atoms with Crippen LogP contribution in [0, 0.1) is 6.92 Å². The first kappa shape index (κ1) is 22.9. The van der Waals surface area contributed by atoms with Gasteiger partial charge in [0.1, 0.15) is 18.0 Å². The summed E-state index contributed by atoms with van der Waals surface area (Å²) < 4.78 is 7.90. The molecule has 0 radical (unpaired) electrons. The molecule has 178 valence electrons. The van der Waals surface area contributed by atoms with Gasteiger partial charge in [0.25, 0.3) is 11.8 Å². The number of carbonyl (C=O) groups is 2. The molecule has 4 aromatic rings. The highest BCUT2D eigenvalue weighted by atomic mass is 35.5. The van der Waals surface area contributed by atoms with E-state index in [0.717, 1.165) is 16.9 Å². The quantitative estimate of drug-likeness (QED) is 0.415. The summed E-state index contributed by atoms with van der Waals surface area (Å²) >= 11 is 5.92. The number of hydrogen-bond donors (Lipinski definition) is 0. The molecule has 1 aliphatic heterocycles. The molecular weight excluding hydrogens is 464 g/mol. The Morgan fingerprint density at radius 2 is 1.57 bits per heavy atom. The molecule has 0 saturated carbocycles. The number of benzene rings is 2. The Balaban J connectivity index is 1.18. The van der Waals surface area contributed by atoms with E-state index >= 15 is 0 Å². The average molecular weight is 489 g/mol. The van der Waals surface area contributed by atoms with Crippen LogP contribution < -0.4 is 4.74 Å². The molecule has 3 heterocycles. The van der Waals surface area contributed by atoms with E-state index in [1.165, 1.54) is 0 Å². The Morgan fingerprint density at radius 1 is 0.886 bits per heavy atom. The lowest BCUT2D eigenvalue weighted by molar-refractivity contribution is 0.0535. The molecule has 8 heteroatoms. The van der Waals surface area contributed by atoms with Crippen LogP contribution in [0.2, 0.25) is 5.02 Å². The normalized spacial score (nSPS) is 13.8. The summed E-state index contributed by atoms with van der Waals surface area (Å²) in [5.74, 6) is 0.490. The Labute approximate surface area is 208 Å². The largest absolute Gasteiger partial charge is 0.487 e. The number of ether oxygens (including phenoxy) is 1. The molecule has 7 nitrogen and oxygen atoms in total. The third-order valence-electron chi connectivity index (χ3n) is 6.06. The topological polar surface area (TPSA) is 67.2 Å². The molecule has 0 bridgehead atoms. The first-order valence-electron chi connectivity index (χ1n) is 11.5. The Bertz CT molecular complexity index is 1370. The maximum atomic E-state index is 13.1. The van der Waals surface area contributed by atoms with E-state index in [-0.39, 0.29) is 11.8 Å². The lowest BCUT2D eigenvalue weighted by atomic mass is 10.1. The third kappa shape index (κ3) is 5.15. The van der Waals surface area contributed by atoms with Crippen LogP contribution in [0.4, 0.5) is 0 Å². The Morgan fingerprint density at radius 3 is 2.29 bits per heavy atom. The highest BCUT2D eigenvalue weighted by Crippen LogP contribution is 2.19. The van der Waals surface area contributed by atoms with Crippen LogP contribution in [0.5, 0.6) is 5.75 Å². The second-order valence-corrected chi connectivity index (χ2v) is 9.05. The van der Waals surface area contributed by atoms with Crippen molar-refractivity contribution in [3.05, 3.63) is 100 Å². The van der Waals surface area contributed by atoms with Gasteiger partial charge in [-0.05, 0) is 61.0 Å². The number of pyridine rings is 1. The maximum Gasteiger partial charge on any atom is 0.254 e. The van der Waals surface area contributed by atoms with Crippen LogP contribution in [0.25, 0.3) is 5.65 Å². The minimum atomic E-state index is -0.0720. The van der Waals surface area contributed by atoms with Gasteiger partial charge in [0.2, 0.25) is 0 Å². The smallest absolute Gasteiger partial charge is 0.254 e. The van der Waals surface area contributed by atoms with Gasteiger partial charge < -0.3 is 18.9 Å². The van der Waals surface area contributed by atoms with Gasteiger partial charge in [-0.2, -0.15) is 0 Å². The van der Waals surface area contributed by atoms with E-state index in [1.807, 2.05) is 48.0 Å². The fourth-order valence-corrected chi connectivity index (χ4v) is 4.30. The van der Waals surface area contributed by atoms with Gasteiger partial charge in [0.05, 0.1) is 5.69 Å². The van der Waals surface area contributed by atoms with Crippen molar-refractivity contribution in [3.63, 3.8) is 0 Å². The number of hydrogen-bond acceptors (Lipinski definition) is 4. The molecule has 1 aliphatic rings. The summed E-state index contributed by atoms with van der Waals surface area (Å²) in [5, 5.41) is 0.594. The first-order chi connectivity index (χ1) is 17.0. The van der Waals surface area contributed by atoms with Crippen LogP contribution in [0.1, 0.15) is 32.0 Å². The molecule has 2 amide bonds. The van der Waals surface area contributed by atoms with Crippen molar-refractivity contribution < 1.29 is 14.3 Å². The van der Waals surface area contributed by atoms with Gasteiger partial charge >= 0.3 is 0 Å². The number of aryl methyl sites for hydroxylation is 1. The summed E-state index contributed by atoms with van der Waals surface area (Å²) in [6, 6.07) is 18.1. The van der Waals surface area contributed by atoms with Crippen molar-refractivity contribution in [1.82, 2.24) is 19.2 Å². The predicted molar refractivity (Wildman–Crippen MR) is 134 cm³/mol. The fourth-order valence-electron chi connectivity index (χ4n) is 4.17. The van der Waals surface area contributed by atoms with Crippen molar-refractivity contribution >= 4 is 29.1 Å². The minimum Gasteiger partial charge on any atom is -0.487 e. The van der Waals surface area contributed by atoms with Crippen LogP contribution in [0.3, 0.4) is 0 Å². The second-order valence-electron chi connectivity index (χ2n) is 8.61. The molecule has 5 rings (SSSR count). The number of nitrogens with zero attached hydrogens (tertiary/aromatic N) is 4. The molecule has 2 aromatic heterocycles. The van der Waals surface area contributed by atoms with Crippen LogP contribution >= 0.6 is 11.6 Å². The Hall–Kier alpha value is -3.84. The van der Waals surface area contributed by atoms with Crippen molar-refractivity contribution in [2.24, 2.45) is 0 Å². The molecule has 0 spiro atoms. The molecule has 1 saturated heterocycles. The van der Waals surface area contributed by atoms with Crippen molar-refractivity contribution in [3.8, 4) is 5.75 Å². The van der Waals surface area contributed by atoms with E-state index in [9.17, 15) is 9.59 Å². The zero-order chi connectivity index (χ0) is 24.4. The molecule has 2 aromatic carbocycles. The zero-order valence-electron chi connectivity index (χ0n) is 19.4. The van der Waals surface area contributed by atoms with Crippen molar-refractivity contribution in [1.29, 1.82) is 0 Å². The lowest BCUT2D eigenvalue weighted by Crippen LogP contribution is -2.50. The van der Waals surface area contributed by atoms with E-state index < -0.39 is 0 Å². The van der Waals surface area contributed by atoms with Crippen molar-refractivity contribution in [2.45, 2.75) is 13.5 Å². The summed E-state index contributed by atoms with van der Waals surface area (Å²) in [7, 11) is 0. The summed E-state index contributed by atoms with van der Waals surface area (Å²) in [4.78, 5) is 33.9. The van der Waals surface area contributed by atoms with Gasteiger partial charge in [-0.15, -0.1) is 0 Å². The number of piperazine rings is 1. The molecule has 0 N–H and O–H groups in total. The van der Waals surface area contributed by atoms with Gasteiger partial charge in [0.15, 0.2) is 0 Å². The van der Waals surface area contributed by atoms with E-state index in [1.54, 1.807) is 46.2 Å². The SMILES string of the molecule is Cc1ccc2nc(COc3cccc(C(=O)N4CCN(C(=O)c5ccc(Cl)cc5)CC4)c3)cn2c1. The number of amides is 2. The maximum absolute atomic E-state index is 13.1. The molecule has 0 aliphatic carbocycles. The molecular formula is C27H25ClN4O3. The van der Waals surface area contributed by atoms with E-state index in [2.05, 4.69) is 4.98 Å². The monoisotopic (exact) mass is 488 g/mol. The predicted octanol–water partition coefficient (Wildman–Crippen LogP) is 4.47.